The van der Waals surface area contributed by atoms with E-state index in [4.69, 9.17) is 9.47 Å². The largest absolute Gasteiger partial charge is 0.468 e. The summed E-state index contributed by atoms with van der Waals surface area (Å²) in [6.07, 6.45) is 0. The van der Waals surface area contributed by atoms with Crippen LogP contribution in [0.25, 0.3) is 0 Å². The first-order valence-corrected chi connectivity index (χ1v) is 4.58. The van der Waals surface area contributed by atoms with Crippen molar-refractivity contribution in [1.82, 2.24) is 4.90 Å². The van der Waals surface area contributed by atoms with Gasteiger partial charge in [0.25, 0.3) is 0 Å². The van der Waals surface area contributed by atoms with E-state index in [1.54, 1.807) is 0 Å². The van der Waals surface area contributed by atoms with Gasteiger partial charge >= 0.3 is 5.97 Å². The molecule has 4 nitrogen and oxygen atoms in total. The molecular formula is C9H17NO3. The fourth-order valence-electron chi connectivity index (χ4n) is 1.57. The zero-order valence-corrected chi connectivity index (χ0v) is 8.45. The molecular weight excluding hydrogens is 170 g/mol. The molecule has 0 aromatic carbocycles. The summed E-state index contributed by atoms with van der Waals surface area (Å²) in [4.78, 5) is 13.4. The highest BCUT2D eigenvalue weighted by Crippen LogP contribution is 2.11. The van der Waals surface area contributed by atoms with E-state index in [0.717, 1.165) is 6.54 Å². The summed E-state index contributed by atoms with van der Waals surface area (Å²) in [6.45, 7) is 6.09. The molecule has 1 unspecified atom stereocenters. The van der Waals surface area contributed by atoms with E-state index in [9.17, 15) is 4.79 Å². The number of morpholine rings is 1. The Labute approximate surface area is 78.8 Å². The lowest BCUT2D eigenvalue weighted by Gasteiger charge is -2.36. The number of nitrogens with zero attached hydrogens (tertiary/aromatic N) is 1. The number of hydrogen-bond acceptors (Lipinski definition) is 4. The van der Waals surface area contributed by atoms with E-state index in [-0.39, 0.29) is 12.0 Å². The van der Waals surface area contributed by atoms with Crippen LogP contribution in [-0.4, -0.2) is 49.8 Å². The average Bonchev–Trinajstić information content (AvgIpc) is 2.16. The van der Waals surface area contributed by atoms with E-state index in [1.165, 1.54) is 7.11 Å². The second kappa shape index (κ2) is 4.58. The number of carbonyl (C=O) groups excluding carboxylic acids is 1. The Morgan fingerprint density at radius 2 is 2.31 bits per heavy atom. The average molecular weight is 187 g/mol. The van der Waals surface area contributed by atoms with E-state index in [0.29, 0.717) is 19.3 Å². The molecule has 0 aromatic rings. The van der Waals surface area contributed by atoms with Crippen molar-refractivity contribution in [1.29, 1.82) is 0 Å². The molecule has 13 heavy (non-hydrogen) atoms. The molecule has 0 bridgehead atoms. The summed E-state index contributed by atoms with van der Waals surface area (Å²) in [5.74, 6) is -0.201. The lowest BCUT2D eigenvalue weighted by molar-refractivity contribution is -0.154. The smallest absolute Gasteiger partial charge is 0.325 e. The van der Waals surface area contributed by atoms with Gasteiger partial charge in [-0.25, -0.2) is 0 Å². The maximum Gasteiger partial charge on any atom is 0.325 e. The SMILES string of the molecule is COC(=O)C1COCCN1C(C)C. The van der Waals surface area contributed by atoms with Gasteiger partial charge in [0, 0.05) is 12.6 Å². The van der Waals surface area contributed by atoms with Crippen LogP contribution in [0.2, 0.25) is 0 Å². The van der Waals surface area contributed by atoms with E-state index in [2.05, 4.69) is 18.7 Å². The predicted molar refractivity (Wildman–Crippen MR) is 48.5 cm³/mol. The zero-order valence-electron chi connectivity index (χ0n) is 8.45. The van der Waals surface area contributed by atoms with Crippen LogP contribution >= 0.6 is 0 Å². The predicted octanol–water partition coefficient (Wildman–Crippen LogP) is 0.269. The quantitative estimate of drug-likeness (QED) is 0.582. The van der Waals surface area contributed by atoms with Gasteiger partial charge in [0.2, 0.25) is 0 Å². The normalized spacial score (nSPS) is 24.8. The molecule has 0 radical (unpaired) electrons. The second-order valence-electron chi connectivity index (χ2n) is 3.45. The van der Waals surface area contributed by atoms with Crippen LogP contribution in [0.4, 0.5) is 0 Å². The Bertz CT molecular complexity index is 182. The molecule has 0 spiro atoms. The van der Waals surface area contributed by atoms with Crippen molar-refractivity contribution < 1.29 is 14.3 Å². The first-order chi connectivity index (χ1) is 6.16. The highest BCUT2D eigenvalue weighted by atomic mass is 16.5. The standard InChI is InChI=1S/C9H17NO3/c1-7(2)10-4-5-13-6-8(10)9(11)12-3/h7-8H,4-6H2,1-3H3. The van der Waals surface area contributed by atoms with E-state index < -0.39 is 0 Å². The van der Waals surface area contributed by atoms with Crippen molar-refractivity contribution in [2.45, 2.75) is 25.9 Å². The third kappa shape index (κ3) is 2.42. The van der Waals surface area contributed by atoms with Gasteiger partial charge in [-0.15, -0.1) is 0 Å². The Balaban J connectivity index is 2.61. The number of esters is 1. The first-order valence-electron chi connectivity index (χ1n) is 4.58. The van der Waals surface area contributed by atoms with Crippen LogP contribution in [0, 0.1) is 0 Å². The third-order valence-corrected chi connectivity index (χ3v) is 2.31. The highest BCUT2D eigenvalue weighted by molar-refractivity contribution is 5.76. The minimum Gasteiger partial charge on any atom is -0.468 e. The molecule has 1 heterocycles. The molecule has 0 aliphatic carbocycles. The van der Waals surface area contributed by atoms with Crippen molar-refractivity contribution in [3.05, 3.63) is 0 Å². The monoisotopic (exact) mass is 187 g/mol. The van der Waals surface area contributed by atoms with Gasteiger partial charge in [-0.3, -0.25) is 9.69 Å². The van der Waals surface area contributed by atoms with Gasteiger partial charge in [-0.2, -0.15) is 0 Å². The van der Waals surface area contributed by atoms with Crippen LogP contribution in [0.5, 0.6) is 0 Å². The second-order valence-corrected chi connectivity index (χ2v) is 3.45. The van der Waals surface area contributed by atoms with Crippen molar-refractivity contribution in [2.24, 2.45) is 0 Å². The van der Waals surface area contributed by atoms with Gasteiger partial charge in [0.05, 0.1) is 20.3 Å². The summed E-state index contributed by atoms with van der Waals surface area (Å²) in [5.41, 5.74) is 0. The van der Waals surface area contributed by atoms with E-state index in [1.807, 2.05) is 0 Å². The Morgan fingerprint density at radius 1 is 1.62 bits per heavy atom. The van der Waals surface area contributed by atoms with Gasteiger partial charge in [0.15, 0.2) is 0 Å². The molecule has 1 aliphatic heterocycles. The Morgan fingerprint density at radius 3 is 2.85 bits per heavy atom. The maximum atomic E-state index is 11.3. The molecule has 1 aliphatic rings. The summed E-state index contributed by atoms with van der Waals surface area (Å²) in [6, 6.07) is 0.131. The van der Waals surface area contributed by atoms with Crippen molar-refractivity contribution in [2.75, 3.05) is 26.9 Å². The molecule has 0 N–H and O–H groups in total. The maximum absolute atomic E-state index is 11.3. The molecule has 0 saturated carbocycles. The Hall–Kier alpha value is -0.610. The van der Waals surface area contributed by atoms with Crippen LogP contribution in [-0.2, 0) is 14.3 Å². The number of methoxy groups -OCH3 is 1. The highest BCUT2D eigenvalue weighted by Gasteiger charge is 2.31. The minimum absolute atomic E-state index is 0.201. The van der Waals surface area contributed by atoms with Crippen LogP contribution < -0.4 is 0 Å². The van der Waals surface area contributed by atoms with Gasteiger partial charge in [-0.1, -0.05) is 0 Å². The van der Waals surface area contributed by atoms with Gasteiger partial charge in [0.1, 0.15) is 6.04 Å². The third-order valence-electron chi connectivity index (χ3n) is 2.31. The molecule has 1 saturated heterocycles. The topological polar surface area (TPSA) is 38.8 Å². The molecule has 0 amide bonds. The lowest BCUT2D eigenvalue weighted by Crippen LogP contribution is -2.53. The lowest BCUT2D eigenvalue weighted by atomic mass is 10.2. The number of carbonyl (C=O) groups is 1. The van der Waals surface area contributed by atoms with Crippen LogP contribution in [0.1, 0.15) is 13.8 Å². The van der Waals surface area contributed by atoms with Crippen molar-refractivity contribution in [3.8, 4) is 0 Å². The summed E-state index contributed by atoms with van der Waals surface area (Å²) in [7, 11) is 1.41. The fraction of sp³-hybridized carbons (Fsp3) is 0.889. The van der Waals surface area contributed by atoms with Gasteiger partial charge < -0.3 is 9.47 Å². The zero-order chi connectivity index (χ0) is 9.84. The summed E-state index contributed by atoms with van der Waals surface area (Å²) in [5, 5.41) is 0. The number of ether oxygens (including phenoxy) is 2. The van der Waals surface area contributed by atoms with Crippen LogP contribution in [0.15, 0.2) is 0 Å². The van der Waals surface area contributed by atoms with Crippen LogP contribution in [0.3, 0.4) is 0 Å². The number of hydrogen-bond donors (Lipinski definition) is 0. The van der Waals surface area contributed by atoms with Crippen molar-refractivity contribution >= 4 is 5.97 Å². The summed E-state index contributed by atoms with van der Waals surface area (Å²) < 4.78 is 9.95. The minimum atomic E-state index is -0.223. The Kier molecular flexibility index (Phi) is 3.69. The molecule has 1 rings (SSSR count). The number of rotatable bonds is 2. The molecule has 0 aromatic heterocycles. The van der Waals surface area contributed by atoms with Gasteiger partial charge in [-0.05, 0) is 13.8 Å². The molecule has 76 valence electrons. The fourth-order valence-corrected chi connectivity index (χ4v) is 1.57. The summed E-state index contributed by atoms with van der Waals surface area (Å²) >= 11 is 0. The molecule has 1 fully saturated rings. The van der Waals surface area contributed by atoms with E-state index >= 15 is 0 Å². The molecule has 4 heteroatoms. The van der Waals surface area contributed by atoms with Crippen molar-refractivity contribution in [3.63, 3.8) is 0 Å². The first kappa shape index (κ1) is 10.5. The molecule has 1 atom stereocenters.